The van der Waals surface area contributed by atoms with E-state index >= 15 is 0 Å². The molecule has 2 aliphatic heterocycles. The maximum Gasteiger partial charge on any atom is 0.228 e. The number of aliphatic hydroxyl groups is 1. The third-order valence-electron chi connectivity index (χ3n) is 4.76. The Balaban J connectivity index is 2.03. The summed E-state index contributed by atoms with van der Waals surface area (Å²) in [7, 11) is 0. The third-order valence-corrected chi connectivity index (χ3v) is 4.76. The van der Waals surface area contributed by atoms with E-state index in [2.05, 4.69) is 6.92 Å². The smallest absolute Gasteiger partial charge is 0.228 e. The minimum atomic E-state index is -0.381. The number of likely N-dealkylation sites (tertiary alicyclic amines) is 1. The zero-order chi connectivity index (χ0) is 13.4. The lowest BCUT2D eigenvalue weighted by Gasteiger charge is -2.36. The molecule has 1 amide bonds. The molecule has 0 aliphatic carbocycles. The van der Waals surface area contributed by atoms with Gasteiger partial charge in [-0.1, -0.05) is 13.8 Å². The minimum Gasteiger partial charge on any atom is -0.391 e. The van der Waals surface area contributed by atoms with Crippen LogP contribution in [0.25, 0.3) is 0 Å². The van der Waals surface area contributed by atoms with E-state index in [0.29, 0.717) is 12.5 Å². The van der Waals surface area contributed by atoms with Crippen LogP contribution in [0.3, 0.4) is 0 Å². The fourth-order valence-electron chi connectivity index (χ4n) is 3.15. The topological polar surface area (TPSA) is 49.8 Å². The van der Waals surface area contributed by atoms with Gasteiger partial charge in [0.25, 0.3) is 0 Å². The fraction of sp³-hybridized carbons (Fsp3) is 0.929. The third kappa shape index (κ3) is 2.41. The summed E-state index contributed by atoms with van der Waals surface area (Å²) in [5.41, 5.74) is 0. The Hall–Kier alpha value is -0.610. The summed E-state index contributed by atoms with van der Waals surface area (Å²) in [5.74, 6) is 0.651. The van der Waals surface area contributed by atoms with E-state index in [9.17, 15) is 9.90 Å². The van der Waals surface area contributed by atoms with E-state index in [4.69, 9.17) is 4.74 Å². The molecule has 0 aromatic rings. The van der Waals surface area contributed by atoms with Crippen molar-refractivity contribution in [1.82, 2.24) is 4.90 Å². The van der Waals surface area contributed by atoms with Crippen LogP contribution in [0.2, 0.25) is 0 Å². The van der Waals surface area contributed by atoms with Crippen molar-refractivity contribution in [1.29, 1.82) is 0 Å². The Morgan fingerprint density at radius 1 is 1.22 bits per heavy atom. The van der Waals surface area contributed by atoms with Gasteiger partial charge in [0, 0.05) is 13.1 Å². The second-order valence-corrected chi connectivity index (χ2v) is 6.05. The number of amides is 1. The van der Waals surface area contributed by atoms with E-state index in [0.717, 1.165) is 13.0 Å². The Labute approximate surface area is 109 Å². The highest BCUT2D eigenvalue weighted by molar-refractivity contribution is 5.80. The van der Waals surface area contributed by atoms with Gasteiger partial charge in [-0.2, -0.15) is 0 Å². The highest BCUT2D eigenvalue weighted by Gasteiger charge is 2.44. The standard InChI is InChI=1S/C14H25NO3/c1-8-5-6-15(7-12(8)16)14(17)13-9(2)10(3)18-11(13)4/h8-13,16H,5-7H2,1-4H3. The van der Waals surface area contributed by atoms with Crippen LogP contribution < -0.4 is 0 Å². The zero-order valence-corrected chi connectivity index (χ0v) is 11.8. The predicted octanol–water partition coefficient (Wildman–Crippen LogP) is 1.28. The molecule has 2 fully saturated rings. The van der Waals surface area contributed by atoms with Gasteiger partial charge in [0.1, 0.15) is 0 Å². The van der Waals surface area contributed by atoms with Gasteiger partial charge in [0.05, 0.1) is 24.2 Å². The number of hydrogen-bond donors (Lipinski definition) is 1. The molecule has 4 nitrogen and oxygen atoms in total. The van der Waals surface area contributed by atoms with E-state index in [1.54, 1.807) is 0 Å². The molecule has 0 spiro atoms. The molecule has 0 bridgehead atoms. The van der Waals surface area contributed by atoms with Gasteiger partial charge in [-0.25, -0.2) is 0 Å². The number of carbonyl (C=O) groups excluding carboxylic acids is 1. The van der Waals surface area contributed by atoms with Crippen molar-refractivity contribution in [2.24, 2.45) is 17.8 Å². The van der Waals surface area contributed by atoms with Crippen molar-refractivity contribution in [3.05, 3.63) is 0 Å². The van der Waals surface area contributed by atoms with Crippen LogP contribution in [0.4, 0.5) is 0 Å². The Bertz CT molecular complexity index is 320. The minimum absolute atomic E-state index is 0.0148. The number of piperidine rings is 1. The first kappa shape index (κ1) is 13.8. The highest BCUT2D eigenvalue weighted by Crippen LogP contribution is 2.34. The van der Waals surface area contributed by atoms with Crippen LogP contribution in [0, 0.1) is 17.8 Å². The Kier molecular flexibility index (Phi) is 3.97. The molecule has 0 saturated carbocycles. The molecule has 18 heavy (non-hydrogen) atoms. The second-order valence-electron chi connectivity index (χ2n) is 6.05. The molecule has 2 aliphatic rings. The first-order valence-electron chi connectivity index (χ1n) is 7.04. The van der Waals surface area contributed by atoms with Crippen LogP contribution in [0.1, 0.15) is 34.1 Å². The molecule has 1 N–H and O–H groups in total. The van der Waals surface area contributed by atoms with Crippen molar-refractivity contribution in [3.63, 3.8) is 0 Å². The van der Waals surface area contributed by atoms with Gasteiger partial charge < -0.3 is 14.7 Å². The van der Waals surface area contributed by atoms with Crippen LogP contribution in [0.15, 0.2) is 0 Å². The van der Waals surface area contributed by atoms with Gasteiger partial charge in [-0.3, -0.25) is 4.79 Å². The fourth-order valence-corrected chi connectivity index (χ4v) is 3.15. The van der Waals surface area contributed by atoms with Crippen molar-refractivity contribution >= 4 is 5.91 Å². The second kappa shape index (κ2) is 5.17. The van der Waals surface area contributed by atoms with Crippen LogP contribution in [0.5, 0.6) is 0 Å². The summed E-state index contributed by atoms with van der Waals surface area (Å²) in [5, 5.41) is 9.90. The lowest BCUT2D eigenvalue weighted by Crippen LogP contribution is -2.49. The van der Waals surface area contributed by atoms with Gasteiger partial charge in [-0.05, 0) is 32.1 Å². The molecule has 4 heteroatoms. The number of carbonyl (C=O) groups is 1. The van der Waals surface area contributed by atoms with Gasteiger partial charge in [0.2, 0.25) is 5.91 Å². The van der Waals surface area contributed by atoms with Gasteiger partial charge in [0.15, 0.2) is 0 Å². The number of nitrogens with zero attached hydrogens (tertiary/aromatic N) is 1. The molecular weight excluding hydrogens is 230 g/mol. The molecule has 0 radical (unpaired) electrons. The van der Waals surface area contributed by atoms with E-state index in [1.165, 1.54) is 0 Å². The average Bonchev–Trinajstić information content (AvgIpc) is 2.56. The van der Waals surface area contributed by atoms with Crippen molar-refractivity contribution in [3.8, 4) is 0 Å². The summed E-state index contributed by atoms with van der Waals surface area (Å²) >= 11 is 0. The predicted molar refractivity (Wildman–Crippen MR) is 69.0 cm³/mol. The quantitative estimate of drug-likeness (QED) is 0.768. The number of hydrogen-bond acceptors (Lipinski definition) is 3. The molecule has 6 unspecified atom stereocenters. The number of rotatable bonds is 1. The normalized spacial score (nSPS) is 45.3. The highest BCUT2D eigenvalue weighted by atomic mass is 16.5. The summed E-state index contributed by atoms with van der Waals surface area (Å²) < 4.78 is 5.74. The van der Waals surface area contributed by atoms with Gasteiger partial charge in [-0.15, -0.1) is 0 Å². The van der Waals surface area contributed by atoms with Crippen molar-refractivity contribution in [2.75, 3.05) is 13.1 Å². The summed E-state index contributed by atoms with van der Waals surface area (Å²) in [6, 6.07) is 0. The SMILES string of the molecule is CC1CCN(C(=O)C2C(C)OC(C)C2C)CC1O. The number of β-amino-alcohol motifs (C(OH)–C–C–N with tert-alkyl or cyclic N) is 1. The maximum absolute atomic E-state index is 12.6. The van der Waals surface area contributed by atoms with Crippen LogP contribution in [-0.2, 0) is 9.53 Å². The van der Waals surface area contributed by atoms with E-state index < -0.39 is 0 Å². The zero-order valence-electron chi connectivity index (χ0n) is 11.8. The van der Waals surface area contributed by atoms with Gasteiger partial charge >= 0.3 is 0 Å². The maximum atomic E-state index is 12.6. The lowest BCUT2D eigenvalue weighted by molar-refractivity contribution is -0.142. The monoisotopic (exact) mass is 255 g/mol. The van der Waals surface area contributed by atoms with E-state index in [1.807, 2.05) is 25.7 Å². The largest absolute Gasteiger partial charge is 0.391 e. The summed E-state index contributed by atoms with van der Waals surface area (Å²) in [4.78, 5) is 14.4. The molecule has 104 valence electrons. The molecule has 0 aromatic heterocycles. The number of ether oxygens (including phenoxy) is 1. The summed E-state index contributed by atoms with van der Waals surface area (Å²) in [6.07, 6.45) is 0.633. The molecule has 2 saturated heterocycles. The number of aliphatic hydroxyl groups excluding tert-OH is 1. The molecule has 0 aromatic carbocycles. The summed E-state index contributed by atoms with van der Waals surface area (Å²) in [6.45, 7) is 9.37. The first-order chi connectivity index (χ1) is 8.41. The Morgan fingerprint density at radius 3 is 2.39 bits per heavy atom. The van der Waals surface area contributed by atoms with E-state index in [-0.39, 0.29) is 36.1 Å². The molecule has 2 rings (SSSR count). The van der Waals surface area contributed by atoms with Crippen molar-refractivity contribution in [2.45, 2.75) is 52.4 Å². The molecule has 6 atom stereocenters. The first-order valence-corrected chi connectivity index (χ1v) is 7.04. The average molecular weight is 255 g/mol. The van der Waals surface area contributed by atoms with Crippen molar-refractivity contribution < 1.29 is 14.6 Å². The Morgan fingerprint density at radius 2 is 1.89 bits per heavy atom. The van der Waals surface area contributed by atoms with Crippen LogP contribution >= 0.6 is 0 Å². The molecule has 2 heterocycles. The van der Waals surface area contributed by atoms with Crippen LogP contribution in [-0.4, -0.2) is 47.3 Å². The molecular formula is C14H25NO3. The lowest BCUT2D eigenvalue weighted by atomic mass is 9.87.